The van der Waals surface area contributed by atoms with E-state index in [4.69, 9.17) is 0 Å². The summed E-state index contributed by atoms with van der Waals surface area (Å²) in [4.78, 5) is 0. The van der Waals surface area contributed by atoms with Crippen molar-refractivity contribution in [2.45, 2.75) is 496 Å². The van der Waals surface area contributed by atoms with Gasteiger partial charge in [0.15, 0.2) is 0 Å². The Bertz CT molecular complexity index is 2540. The van der Waals surface area contributed by atoms with E-state index in [0.29, 0.717) is 69.0 Å². The van der Waals surface area contributed by atoms with Gasteiger partial charge in [-0.15, -0.1) is 0 Å². The lowest BCUT2D eigenvalue weighted by atomic mass is 9.56. The molecule has 0 rings (SSSR count). The van der Waals surface area contributed by atoms with Crippen molar-refractivity contribution >= 4 is 0 Å². The third-order valence-corrected chi connectivity index (χ3v) is 30.6. The van der Waals surface area contributed by atoms with Gasteiger partial charge >= 0.3 is 49.4 Å². The predicted octanol–water partition coefficient (Wildman–Crippen LogP) is 42.9. The van der Waals surface area contributed by atoms with E-state index < -0.39 is 119 Å². The highest BCUT2D eigenvalue weighted by atomic mass is 19.4. The van der Waals surface area contributed by atoms with Crippen LogP contribution in [0, 0.1) is 165 Å². The summed E-state index contributed by atoms with van der Waals surface area (Å²) in [5, 5.41) is 0. The molecule has 0 aliphatic heterocycles. The fourth-order valence-corrected chi connectivity index (χ4v) is 9.67. The highest BCUT2D eigenvalue weighted by molar-refractivity contribution is 4.93. The second kappa shape index (κ2) is 56.1. The van der Waals surface area contributed by atoms with Gasteiger partial charge in [-0.1, -0.05) is 434 Å². The maximum atomic E-state index is 12.6. The van der Waals surface area contributed by atoms with Crippen molar-refractivity contribution in [1.82, 2.24) is 0 Å². The van der Waals surface area contributed by atoms with Crippen LogP contribution in [0.1, 0.15) is 447 Å². The molecule has 0 aromatic heterocycles. The maximum absolute atomic E-state index is 12.6. The third kappa shape index (κ3) is 65.9. The van der Waals surface area contributed by atoms with E-state index in [-0.39, 0.29) is 46.8 Å². The fraction of sp³-hybridized carbons (Fsp3) is 1.00. The Kier molecular flexibility index (Phi) is 66.8. The molecule has 0 bridgehead atoms. The summed E-state index contributed by atoms with van der Waals surface area (Å²) in [7, 11) is 0. The number of hydrogen-bond acceptors (Lipinski definition) is 0. The molecule has 9 atom stereocenters. The van der Waals surface area contributed by atoms with Crippen LogP contribution in [0.2, 0.25) is 0 Å². The average Bonchev–Trinajstić information content (AvgIpc) is 0.796. The van der Waals surface area contributed by atoms with Crippen LogP contribution >= 0.6 is 0 Å². The van der Waals surface area contributed by atoms with Gasteiger partial charge in [0.25, 0.3) is 0 Å². The largest absolute Gasteiger partial charge is 0.394 e. The summed E-state index contributed by atoms with van der Waals surface area (Å²) in [5.74, 6) is -3.64. The Labute approximate surface area is 763 Å². The van der Waals surface area contributed by atoms with Crippen LogP contribution in [-0.2, 0) is 0 Å². The van der Waals surface area contributed by atoms with Crippen LogP contribution in [-0.4, -0.2) is 49.4 Å². The maximum Gasteiger partial charge on any atom is 0.394 e. The molecule has 0 aliphatic rings. The van der Waals surface area contributed by atoms with Crippen molar-refractivity contribution in [1.29, 1.82) is 0 Å². The second-order valence-electron chi connectivity index (χ2n) is 49.5. The molecule has 0 nitrogen and oxygen atoms in total. The SMILES string of the molecule is CC(C)(C)C(C)(C)C.CC(C)(C)C(C)(C)C(C)(C)C.CC(C)(C)C(C)(C)C(F)(F)F.CC(C)C(C)(C)C(C)(C)C.CC(C)C(C)(C)C(C)C(F)(F)F.CC(C)[C@@H](C)C(C)(C)C.CC(C)[C@@H](C)C(C)C(F)(F)F.CC(C)[C@@H](C)C(C)C(F)(F)F.CCC(C)(C)CC(F)(F)F.CCC(C)[C@@H](C)C(F)(F)F.CCC(CC)CC(F)(F)F.C[C@H](C(C)(C)C)C(C)(C)C(F)(F)F. The van der Waals surface area contributed by atoms with Gasteiger partial charge in [0.05, 0.1) is 34.5 Å². The normalized spacial score (nSPS) is 16.1. The molecule has 0 fully saturated rings. The number of alkyl halides is 24. The van der Waals surface area contributed by atoms with Crippen LogP contribution in [0.25, 0.3) is 0 Å². The second-order valence-corrected chi connectivity index (χ2v) is 49.5. The Hall–Kier alpha value is -1.68. The van der Waals surface area contributed by atoms with E-state index in [1.54, 1.807) is 104 Å². The van der Waals surface area contributed by atoms with Crippen molar-refractivity contribution in [3.05, 3.63) is 0 Å². The molecular weight excluding hydrogens is 1680 g/mol. The number of halogens is 24. The van der Waals surface area contributed by atoms with Crippen LogP contribution in [0.15, 0.2) is 0 Å². The van der Waals surface area contributed by atoms with E-state index in [0.717, 1.165) is 17.8 Å². The average molecular weight is 1890 g/mol. The van der Waals surface area contributed by atoms with E-state index >= 15 is 0 Å². The first-order valence-corrected chi connectivity index (χ1v) is 46.0. The van der Waals surface area contributed by atoms with Crippen LogP contribution in [0.4, 0.5) is 105 Å². The zero-order chi connectivity index (χ0) is 107. The molecule has 24 heteroatoms. The lowest BCUT2D eigenvalue weighted by molar-refractivity contribution is -0.243. The standard InChI is InChI=1S/C11H24.C10H19F3.C10H22.C9H17F3.C9H20.3C8H15F3.C8H18.3C7H13F3/c1-9(2,3)11(7,8)10(4,5)6;1-7(8(2,3)4)9(5,6)10(11,12)13;1-8(2)10(6,7)9(3,4)5;1-6(2)8(4,5)7(3)9(10,11)12;1-7(2)8(3)9(4,5)6;1-6(2,3)7(4,5)8(9,10)11;2*1-5(2)6(3)7(4)8(9,10)11;1-7(2,3)8(4,5)6;1-4-6(2,3)5-7(8,9)10;1-4-5(2)6(3)7(8,9)10;1-3-6(4-2)5-7(8,9)10/h1-8H3;7H,1-6H3;8H,1-7H3;6-7H,1-5H3;7-8H,1-6H3;1-5H3;2*5-7H,1-4H3;1-6H3;4-5H2,1-3H3;5-6H,4H2,1-3H3;6H,3-5H2,1-2H3/t;7-;;;8-;;2*6-,7?;;;5?,6-;/m.1..1.11..1./s1. The molecule has 0 heterocycles. The zero-order valence-electron chi connectivity index (χ0n) is 92.0. The van der Waals surface area contributed by atoms with Crippen molar-refractivity contribution in [2.75, 3.05) is 0 Å². The van der Waals surface area contributed by atoms with Gasteiger partial charge in [0.2, 0.25) is 0 Å². The lowest BCUT2D eigenvalue weighted by Crippen LogP contribution is -2.43. The highest BCUT2D eigenvalue weighted by Gasteiger charge is 2.56. The molecule has 0 amide bonds. The van der Waals surface area contributed by atoms with E-state index in [9.17, 15) is 105 Å². The molecule has 0 saturated heterocycles. The fourth-order valence-electron chi connectivity index (χ4n) is 9.67. The van der Waals surface area contributed by atoms with Crippen molar-refractivity contribution in [3.63, 3.8) is 0 Å². The van der Waals surface area contributed by atoms with Crippen LogP contribution in [0.3, 0.4) is 0 Å². The van der Waals surface area contributed by atoms with E-state index in [1.165, 1.54) is 55.4 Å². The Balaban J connectivity index is -0.000000113. The van der Waals surface area contributed by atoms with Gasteiger partial charge in [-0.25, -0.2) is 0 Å². The molecule has 0 radical (unpaired) electrons. The van der Waals surface area contributed by atoms with Crippen LogP contribution < -0.4 is 0 Å². The third-order valence-electron chi connectivity index (χ3n) is 30.6. The molecule has 126 heavy (non-hydrogen) atoms. The molecule has 0 saturated carbocycles. The smallest absolute Gasteiger partial charge is 0.171 e. The minimum Gasteiger partial charge on any atom is -0.171 e. The number of rotatable bonds is 16. The Morgan fingerprint density at radius 3 is 0.548 bits per heavy atom. The van der Waals surface area contributed by atoms with Gasteiger partial charge < -0.3 is 0 Å². The molecule has 0 aromatic rings. The molecule has 0 spiro atoms. The van der Waals surface area contributed by atoms with Crippen molar-refractivity contribution in [3.8, 4) is 0 Å². The first-order chi connectivity index (χ1) is 53.5. The zero-order valence-corrected chi connectivity index (χ0v) is 92.0. The van der Waals surface area contributed by atoms with E-state index in [1.807, 2.05) is 62.3 Å². The molecule has 4 unspecified atom stereocenters. The first kappa shape index (κ1) is 150. The van der Waals surface area contributed by atoms with Gasteiger partial charge in [0, 0.05) is 12.8 Å². The summed E-state index contributed by atoms with van der Waals surface area (Å²) in [6.45, 7) is 114. The predicted molar refractivity (Wildman–Crippen MR) is 497 cm³/mol. The highest BCUT2D eigenvalue weighted by Crippen LogP contribution is 2.54. The van der Waals surface area contributed by atoms with Gasteiger partial charge in [-0.2, -0.15) is 105 Å². The van der Waals surface area contributed by atoms with Crippen LogP contribution in [0.5, 0.6) is 0 Å². The van der Waals surface area contributed by atoms with Crippen molar-refractivity contribution < 1.29 is 105 Å². The quantitative estimate of drug-likeness (QED) is 0.135. The summed E-state index contributed by atoms with van der Waals surface area (Å²) in [5.41, 5.74) is -2.25. The molecule has 0 aliphatic carbocycles. The summed E-state index contributed by atoms with van der Waals surface area (Å²) < 4.78 is 290. The minimum atomic E-state index is -4.13. The molecular formula is C102H204F24. The molecule has 780 valence electrons. The van der Waals surface area contributed by atoms with Crippen molar-refractivity contribution in [2.24, 2.45) is 165 Å². The van der Waals surface area contributed by atoms with E-state index in [2.05, 4.69) is 187 Å². The molecule has 0 aromatic carbocycles. The molecule has 0 N–H and O–H groups in total. The van der Waals surface area contributed by atoms with Gasteiger partial charge in [-0.3, -0.25) is 0 Å². The monoisotopic (exact) mass is 1890 g/mol. The Morgan fingerprint density at radius 2 is 0.500 bits per heavy atom. The summed E-state index contributed by atoms with van der Waals surface area (Å²) in [6.07, 6.45) is -31.3. The topological polar surface area (TPSA) is 0 Å². The lowest BCUT2D eigenvalue weighted by Gasteiger charge is -2.49. The summed E-state index contributed by atoms with van der Waals surface area (Å²) in [6, 6.07) is 0. The van der Waals surface area contributed by atoms with Gasteiger partial charge in [-0.05, 0) is 130 Å². The summed E-state index contributed by atoms with van der Waals surface area (Å²) >= 11 is 0. The Morgan fingerprint density at radius 1 is 0.230 bits per heavy atom. The minimum absolute atomic E-state index is 0.0362. The first-order valence-electron chi connectivity index (χ1n) is 46.0. The number of hydrogen-bond donors (Lipinski definition) is 0. The van der Waals surface area contributed by atoms with Gasteiger partial charge in [0.1, 0.15) is 0 Å².